The van der Waals surface area contributed by atoms with E-state index in [0.29, 0.717) is 13.2 Å². The number of nitrogens with zero attached hydrogens (tertiary/aromatic N) is 5. The molecular weight excluding hydrogens is 390 g/mol. The highest BCUT2D eigenvalue weighted by Gasteiger charge is 2.22. The third-order valence-electron chi connectivity index (χ3n) is 4.40. The van der Waals surface area contributed by atoms with E-state index in [0.717, 1.165) is 56.4 Å². The van der Waals surface area contributed by atoms with Crippen molar-refractivity contribution in [1.29, 1.82) is 0 Å². The van der Waals surface area contributed by atoms with E-state index in [1.54, 1.807) is 11.3 Å². The lowest BCUT2D eigenvalue weighted by molar-refractivity contribution is 0.122. The summed E-state index contributed by atoms with van der Waals surface area (Å²) in [4.78, 5) is 11.9. The number of thiophene rings is 1. The highest BCUT2D eigenvalue weighted by molar-refractivity contribution is 9.10. The maximum atomic E-state index is 5.46. The number of hydrogen-bond acceptors (Lipinski definition) is 6. The van der Waals surface area contributed by atoms with Gasteiger partial charge in [0.25, 0.3) is 0 Å². The lowest BCUT2D eigenvalue weighted by Crippen LogP contribution is -2.37. The summed E-state index contributed by atoms with van der Waals surface area (Å²) in [7, 11) is 1.97. The molecule has 0 aromatic carbocycles. The molecule has 1 aliphatic rings. The molecule has 0 amide bonds. The minimum Gasteiger partial charge on any atom is -0.378 e. The van der Waals surface area contributed by atoms with Crippen LogP contribution in [-0.4, -0.2) is 46.1 Å². The van der Waals surface area contributed by atoms with Gasteiger partial charge in [0.15, 0.2) is 0 Å². The number of morpholine rings is 1. The zero-order valence-corrected chi connectivity index (χ0v) is 16.2. The molecule has 4 heterocycles. The van der Waals surface area contributed by atoms with Gasteiger partial charge < -0.3 is 9.64 Å². The molecule has 0 atom stereocenters. The quantitative estimate of drug-likeness (QED) is 0.651. The number of aromatic nitrogens is 4. The van der Waals surface area contributed by atoms with Crippen molar-refractivity contribution >= 4 is 43.4 Å². The van der Waals surface area contributed by atoms with Crippen molar-refractivity contribution in [2.75, 3.05) is 31.2 Å². The molecule has 0 unspecified atom stereocenters. The fourth-order valence-electron chi connectivity index (χ4n) is 3.07. The van der Waals surface area contributed by atoms with Crippen LogP contribution in [0.4, 0.5) is 5.95 Å². The molecule has 4 rings (SSSR count). The van der Waals surface area contributed by atoms with Crippen LogP contribution in [0.25, 0.3) is 21.5 Å². The Kier molecular flexibility index (Phi) is 4.06. The van der Waals surface area contributed by atoms with Gasteiger partial charge in [0.05, 0.1) is 33.8 Å². The van der Waals surface area contributed by atoms with E-state index in [1.165, 1.54) is 0 Å². The number of aryl methyl sites for hydroxylation is 2. The summed E-state index contributed by atoms with van der Waals surface area (Å²) >= 11 is 5.30. The van der Waals surface area contributed by atoms with Gasteiger partial charge in [0.2, 0.25) is 5.95 Å². The summed E-state index contributed by atoms with van der Waals surface area (Å²) in [6.07, 6.45) is 0. The zero-order valence-electron chi connectivity index (χ0n) is 13.8. The van der Waals surface area contributed by atoms with Crippen LogP contribution in [0.1, 0.15) is 11.4 Å². The summed E-state index contributed by atoms with van der Waals surface area (Å²) in [6.45, 7) is 7.18. The molecule has 6 nitrogen and oxygen atoms in total. The Bertz CT molecular complexity index is 913. The van der Waals surface area contributed by atoms with Crippen LogP contribution < -0.4 is 4.90 Å². The monoisotopic (exact) mass is 407 g/mol. The van der Waals surface area contributed by atoms with Gasteiger partial charge >= 0.3 is 0 Å². The molecule has 0 radical (unpaired) electrons. The largest absolute Gasteiger partial charge is 0.378 e. The van der Waals surface area contributed by atoms with Gasteiger partial charge in [0.1, 0.15) is 5.52 Å². The van der Waals surface area contributed by atoms with Crippen LogP contribution in [0, 0.1) is 13.8 Å². The van der Waals surface area contributed by atoms with Crippen LogP contribution in [0.5, 0.6) is 0 Å². The van der Waals surface area contributed by atoms with Crippen LogP contribution in [0.15, 0.2) is 9.85 Å². The second-order valence-electron chi connectivity index (χ2n) is 5.90. The Morgan fingerprint density at radius 1 is 1.21 bits per heavy atom. The van der Waals surface area contributed by atoms with Crippen LogP contribution >= 0.6 is 27.3 Å². The van der Waals surface area contributed by atoms with Gasteiger partial charge in [-0.3, -0.25) is 4.68 Å². The van der Waals surface area contributed by atoms with Gasteiger partial charge in [-0.1, -0.05) is 0 Å². The number of ether oxygens (including phenoxy) is 1. The first-order valence-electron chi connectivity index (χ1n) is 7.84. The van der Waals surface area contributed by atoms with Crippen molar-refractivity contribution in [3.05, 3.63) is 21.2 Å². The fraction of sp³-hybridized carbons (Fsp3) is 0.438. The molecule has 24 heavy (non-hydrogen) atoms. The third kappa shape index (κ3) is 2.53. The molecule has 3 aromatic rings. The molecule has 1 saturated heterocycles. The first-order chi connectivity index (χ1) is 11.6. The fourth-order valence-corrected chi connectivity index (χ4v) is 4.63. The van der Waals surface area contributed by atoms with Gasteiger partial charge in [-0.15, -0.1) is 11.3 Å². The van der Waals surface area contributed by atoms with Gasteiger partial charge in [-0.2, -0.15) is 5.10 Å². The number of hydrogen-bond donors (Lipinski definition) is 0. The topological polar surface area (TPSA) is 56.1 Å². The predicted molar refractivity (Wildman–Crippen MR) is 99.8 cm³/mol. The Labute approximate surface area is 152 Å². The molecule has 126 valence electrons. The first-order valence-corrected chi connectivity index (χ1v) is 9.51. The SMILES string of the molecule is Cc1nn(C)c(C)c1-c1nc(N2CCOCC2)nc2c(Br)csc12. The Morgan fingerprint density at radius 2 is 1.96 bits per heavy atom. The molecular formula is C16H18BrN5OS. The molecule has 1 fully saturated rings. The van der Waals surface area contributed by atoms with E-state index in [1.807, 2.05) is 18.7 Å². The predicted octanol–water partition coefficient (Wildman–Crippen LogP) is 3.31. The highest BCUT2D eigenvalue weighted by Crippen LogP contribution is 2.38. The summed E-state index contributed by atoms with van der Waals surface area (Å²) < 4.78 is 9.48. The minimum absolute atomic E-state index is 0.715. The number of anilines is 1. The molecule has 0 N–H and O–H groups in total. The Morgan fingerprint density at radius 3 is 2.62 bits per heavy atom. The van der Waals surface area contributed by atoms with Crippen molar-refractivity contribution in [2.24, 2.45) is 7.05 Å². The van der Waals surface area contributed by atoms with Gasteiger partial charge in [-0.05, 0) is 29.8 Å². The van der Waals surface area contributed by atoms with Crippen molar-refractivity contribution in [1.82, 2.24) is 19.7 Å². The molecule has 0 aliphatic carbocycles. The normalized spacial score (nSPS) is 15.4. The Balaban J connectivity index is 1.96. The second kappa shape index (κ2) is 6.09. The standard InChI is InChI=1S/C16H18BrN5OS/c1-9-12(10(2)21(3)20-9)14-15-13(11(17)8-24-15)18-16(19-14)22-4-6-23-7-5-22/h8H,4-7H2,1-3H3. The summed E-state index contributed by atoms with van der Waals surface area (Å²) in [5.41, 5.74) is 5.15. The third-order valence-corrected chi connectivity index (χ3v) is 6.28. The number of rotatable bonds is 2. The molecule has 8 heteroatoms. The van der Waals surface area contributed by atoms with E-state index in [2.05, 4.69) is 38.2 Å². The van der Waals surface area contributed by atoms with E-state index >= 15 is 0 Å². The number of fused-ring (bicyclic) bond motifs is 1. The van der Waals surface area contributed by atoms with E-state index < -0.39 is 0 Å². The van der Waals surface area contributed by atoms with Crippen molar-refractivity contribution in [3.8, 4) is 11.3 Å². The molecule has 3 aromatic heterocycles. The lowest BCUT2D eigenvalue weighted by atomic mass is 10.1. The van der Waals surface area contributed by atoms with Crippen molar-refractivity contribution in [2.45, 2.75) is 13.8 Å². The van der Waals surface area contributed by atoms with Crippen molar-refractivity contribution < 1.29 is 4.74 Å². The molecule has 0 spiro atoms. The van der Waals surface area contributed by atoms with Gasteiger partial charge in [-0.25, -0.2) is 9.97 Å². The zero-order chi connectivity index (χ0) is 16.8. The summed E-state index contributed by atoms with van der Waals surface area (Å²) in [5, 5.41) is 6.63. The Hall–Kier alpha value is -1.51. The van der Waals surface area contributed by atoms with E-state index in [9.17, 15) is 0 Å². The average Bonchev–Trinajstić information content (AvgIpc) is 3.08. The minimum atomic E-state index is 0.715. The van der Waals surface area contributed by atoms with Crippen LogP contribution in [0.3, 0.4) is 0 Å². The summed E-state index contributed by atoms with van der Waals surface area (Å²) in [6, 6.07) is 0. The van der Waals surface area contributed by atoms with Crippen LogP contribution in [0.2, 0.25) is 0 Å². The van der Waals surface area contributed by atoms with Crippen LogP contribution in [-0.2, 0) is 11.8 Å². The number of halogens is 1. The maximum Gasteiger partial charge on any atom is 0.226 e. The lowest BCUT2D eigenvalue weighted by Gasteiger charge is -2.27. The maximum absolute atomic E-state index is 5.46. The van der Waals surface area contributed by atoms with E-state index in [-0.39, 0.29) is 0 Å². The molecule has 1 aliphatic heterocycles. The molecule has 0 bridgehead atoms. The van der Waals surface area contributed by atoms with Crippen molar-refractivity contribution in [3.63, 3.8) is 0 Å². The molecule has 0 saturated carbocycles. The summed E-state index contributed by atoms with van der Waals surface area (Å²) in [5.74, 6) is 0.766. The average molecular weight is 408 g/mol. The van der Waals surface area contributed by atoms with E-state index in [4.69, 9.17) is 14.7 Å². The van der Waals surface area contributed by atoms with Gasteiger partial charge in [0, 0.05) is 36.8 Å². The highest BCUT2D eigenvalue weighted by atomic mass is 79.9. The smallest absolute Gasteiger partial charge is 0.226 e. The second-order valence-corrected chi connectivity index (χ2v) is 7.64. The first kappa shape index (κ1) is 16.0.